The van der Waals surface area contributed by atoms with Gasteiger partial charge < -0.3 is 4.42 Å². The highest BCUT2D eigenvalue weighted by molar-refractivity contribution is 6.36. The van der Waals surface area contributed by atoms with Gasteiger partial charge in [-0.25, -0.2) is 0 Å². The average Bonchev–Trinajstić information content (AvgIpc) is 3.07. The Labute approximate surface area is 139 Å². The van der Waals surface area contributed by atoms with E-state index in [1.54, 1.807) is 12.1 Å². The van der Waals surface area contributed by atoms with E-state index in [2.05, 4.69) is 22.0 Å². The van der Waals surface area contributed by atoms with E-state index in [0.717, 1.165) is 18.0 Å². The first-order chi connectivity index (χ1) is 10.6. The third-order valence-corrected chi connectivity index (χ3v) is 5.50. The normalized spacial score (nSPS) is 25.8. The molecule has 0 bridgehead atoms. The molecule has 1 saturated carbocycles. The summed E-state index contributed by atoms with van der Waals surface area (Å²) in [6.07, 6.45) is 4.00. The van der Waals surface area contributed by atoms with Crippen molar-refractivity contribution >= 4 is 23.2 Å². The smallest absolute Gasteiger partial charge is 0.249 e. The molecule has 116 valence electrons. The molecule has 0 N–H and O–H groups in total. The standard InChI is InChI=1S/C16H17Cl2N3O/c1-9(21-8-10-3-2-4-14(10)21)15-19-20-16(22-15)12-6-5-11(17)7-13(12)18/h5-7,9-10,14H,2-4,8H2,1H3/t9-,10-,14-/m1/s1. The Bertz CT molecular complexity index is 702. The van der Waals surface area contributed by atoms with Crippen LogP contribution in [-0.4, -0.2) is 27.7 Å². The van der Waals surface area contributed by atoms with Gasteiger partial charge in [0.25, 0.3) is 0 Å². The van der Waals surface area contributed by atoms with Gasteiger partial charge in [-0.3, -0.25) is 4.90 Å². The molecular formula is C16H17Cl2N3O. The maximum atomic E-state index is 6.20. The Morgan fingerprint density at radius 1 is 1.27 bits per heavy atom. The van der Waals surface area contributed by atoms with E-state index in [1.165, 1.54) is 19.3 Å². The zero-order valence-corrected chi connectivity index (χ0v) is 13.8. The minimum absolute atomic E-state index is 0.159. The zero-order chi connectivity index (χ0) is 15.3. The molecule has 3 atom stereocenters. The van der Waals surface area contributed by atoms with Crippen molar-refractivity contribution in [2.75, 3.05) is 6.54 Å². The van der Waals surface area contributed by atoms with Crippen LogP contribution in [-0.2, 0) is 0 Å². The number of nitrogens with zero attached hydrogens (tertiary/aromatic N) is 3. The van der Waals surface area contributed by atoms with Crippen LogP contribution in [0.3, 0.4) is 0 Å². The maximum Gasteiger partial charge on any atom is 0.249 e. The lowest BCUT2D eigenvalue weighted by molar-refractivity contribution is -0.00658. The van der Waals surface area contributed by atoms with Crippen LogP contribution >= 0.6 is 23.2 Å². The molecule has 4 rings (SSSR count). The summed E-state index contributed by atoms with van der Waals surface area (Å²) in [6.45, 7) is 3.28. The van der Waals surface area contributed by atoms with E-state index >= 15 is 0 Å². The molecule has 2 heterocycles. The van der Waals surface area contributed by atoms with E-state index in [0.29, 0.717) is 27.9 Å². The number of likely N-dealkylation sites (tertiary alicyclic amines) is 1. The van der Waals surface area contributed by atoms with Gasteiger partial charge in [0, 0.05) is 17.6 Å². The van der Waals surface area contributed by atoms with E-state index < -0.39 is 0 Å². The molecule has 1 aliphatic carbocycles. The van der Waals surface area contributed by atoms with Gasteiger partial charge in [-0.05, 0) is 43.9 Å². The van der Waals surface area contributed by atoms with Crippen LogP contribution in [0.15, 0.2) is 22.6 Å². The number of halogens is 2. The number of aromatic nitrogens is 2. The van der Waals surface area contributed by atoms with Crippen molar-refractivity contribution < 1.29 is 4.42 Å². The predicted octanol–water partition coefficient (Wildman–Crippen LogP) is 4.59. The molecule has 2 fully saturated rings. The molecule has 2 aromatic rings. The molecule has 2 aliphatic rings. The second kappa shape index (κ2) is 5.52. The third-order valence-electron chi connectivity index (χ3n) is 4.95. The van der Waals surface area contributed by atoms with Crippen molar-refractivity contribution in [3.8, 4) is 11.5 Å². The fourth-order valence-electron chi connectivity index (χ4n) is 3.70. The number of hydrogen-bond acceptors (Lipinski definition) is 4. The summed E-state index contributed by atoms with van der Waals surface area (Å²) < 4.78 is 5.87. The molecule has 0 spiro atoms. The molecule has 1 aliphatic heterocycles. The Kier molecular flexibility index (Phi) is 3.63. The van der Waals surface area contributed by atoms with Gasteiger partial charge in [0.1, 0.15) is 0 Å². The van der Waals surface area contributed by atoms with Gasteiger partial charge in [-0.2, -0.15) is 0 Å². The van der Waals surface area contributed by atoms with Gasteiger partial charge in [-0.15, -0.1) is 10.2 Å². The van der Waals surface area contributed by atoms with Crippen molar-refractivity contribution in [3.05, 3.63) is 34.1 Å². The van der Waals surface area contributed by atoms with Gasteiger partial charge in [-0.1, -0.05) is 29.6 Å². The van der Waals surface area contributed by atoms with E-state index in [4.69, 9.17) is 27.6 Å². The van der Waals surface area contributed by atoms with Crippen LogP contribution in [0.5, 0.6) is 0 Å². The molecule has 0 amide bonds. The van der Waals surface area contributed by atoms with Crippen molar-refractivity contribution in [1.29, 1.82) is 0 Å². The number of fused-ring (bicyclic) bond motifs is 1. The van der Waals surface area contributed by atoms with Crippen molar-refractivity contribution in [2.45, 2.75) is 38.3 Å². The van der Waals surface area contributed by atoms with Gasteiger partial charge in [0.2, 0.25) is 11.8 Å². The number of rotatable bonds is 3. The maximum absolute atomic E-state index is 6.20. The van der Waals surface area contributed by atoms with Gasteiger partial charge in [0.05, 0.1) is 16.6 Å². The van der Waals surface area contributed by atoms with Crippen LogP contribution in [0.2, 0.25) is 10.0 Å². The highest BCUT2D eigenvalue weighted by Crippen LogP contribution is 2.43. The van der Waals surface area contributed by atoms with E-state index in [1.807, 2.05) is 6.07 Å². The Balaban J connectivity index is 1.56. The van der Waals surface area contributed by atoms with Gasteiger partial charge in [0.15, 0.2) is 0 Å². The molecule has 6 heteroatoms. The van der Waals surface area contributed by atoms with Crippen molar-refractivity contribution in [3.63, 3.8) is 0 Å². The SMILES string of the molecule is C[C@H](c1nnc(-c2ccc(Cl)cc2Cl)o1)N1C[C@H]2CCC[C@H]21. The summed E-state index contributed by atoms with van der Waals surface area (Å²) in [4.78, 5) is 2.47. The minimum atomic E-state index is 0.159. The fraction of sp³-hybridized carbons (Fsp3) is 0.500. The zero-order valence-electron chi connectivity index (χ0n) is 12.3. The Morgan fingerprint density at radius 2 is 2.14 bits per heavy atom. The van der Waals surface area contributed by atoms with Crippen LogP contribution < -0.4 is 0 Å². The largest absolute Gasteiger partial charge is 0.419 e. The monoisotopic (exact) mass is 337 g/mol. The third kappa shape index (κ3) is 2.34. The summed E-state index contributed by atoms with van der Waals surface area (Å²) in [5.41, 5.74) is 0.722. The molecular weight excluding hydrogens is 321 g/mol. The lowest BCUT2D eigenvalue weighted by Gasteiger charge is -2.47. The van der Waals surface area contributed by atoms with Crippen LogP contribution in [0.1, 0.15) is 38.1 Å². The van der Waals surface area contributed by atoms with E-state index in [9.17, 15) is 0 Å². The topological polar surface area (TPSA) is 42.2 Å². The first-order valence-electron chi connectivity index (χ1n) is 7.68. The van der Waals surface area contributed by atoms with Crippen LogP contribution in [0, 0.1) is 5.92 Å². The van der Waals surface area contributed by atoms with Gasteiger partial charge >= 0.3 is 0 Å². The van der Waals surface area contributed by atoms with Crippen molar-refractivity contribution in [2.24, 2.45) is 5.92 Å². The molecule has 1 saturated heterocycles. The fourth-order valence-corrected chi connectivity index (χ4v) is 4.19. The highest BCUT2D eigenvalue weighted by Gasteiger charge is 2.45. The lowest BCUT2D eigenvalue weighted by Crippen LogP contribution is -2.53. The highest BCUT2D eigenvalue weighted by atomic mass is 35.5. The summed E-state index contributed by atoms with van der Waals surface area (Å²) in [5, 5.41) is 9.49. The molecule has 4 nitrogen and oxygen atoms in total. The lowest BCUT2D eigenvalue weighted by atomic mass is 9.90. The second-order valence-corrected chi connectivity index (χ2v) is 7.04. The first-order valence-corrected chi connectivity index (χ1v) is 8.43. The average molecular weight is 338 g/mol. The minimum Gasteiger partial charge on any atom is -0.419 e. The number of hydrogen-bond donors (Lipinski definition) is 0. The summed E-state index contributed by atoms with van der Waals surface area (Å²) in [7, 11) is 0. The molecule has 1 aromatic heterocycles. The Morgan fingerprint density at radius 3 is 2.91 bits per heavy atom. The number of benzene rings is 1. The molecule has 1 aromatic carbocycles. The molecule has 0 radical (unpaired) electrons. The summed E-state index contributed by atoms with van der Waals surface area (Å²) in [5.74, 6) is 1.98. The molecule has 0 unspecified atom stereocenters. The predicted molar refractivity (Wildman–Crippen MR) is 86.0 cm³/mol. The van der Waals surface area contributed by atoms with E-state index in [-0.39, 0.29) is 6.04 Å². The first kappa shape index (κ1) is 14.5. The van der Waals surface area contributed by atoms with Crippen molar-refractivity contribution in [1.82, 2.24) is 15.1 Å². The second-order valence-electron chi connectivity index (χ2n) is 6.20. The van der Waals surface area contributed by atoms with Crippen LogP contribution in [0.4, 0.5) is 0 Å². The summed E-state index contributed by atoms with van der Waals surface area (Å²) >= 11 is 12.1. The van der Waals surface area contributed by atoms with Crippen LogP contribution in [0.25, 0.3) is 11.5 Å². The Hall–Kier alpha value is -1.10. The quantitative estimate of drug-likeness (QED) is 0.821. The summed E-state index contributed by atoms with van der Waals surface area (Å²) in [6, 6.07) is 6.12. The molecule has 22 heavy (non-hydrogen) atoms.